The monoisotopic (exact) mass is 905 g/mol. The largest absolute Gasteiger partial charge is 0.462 e. The van der Waals surface area contributed by atoms with Crippen LogP contribution in [0.2, 0.25) is 0 Å². The van der Waals surface area contributed by atoms with Crippen LogP contribution >= 0.6 is 0 Å². The average Bonchev–Trinajstić information content (AvgIpc) is 3.27. The molecule has 0 saturated heterocycles. The van der Waals surface area contributed by atoms with Crippen molar-refractivity contribution in [2.24, 2.45) is 11.8 Å². The van der Waals surface area contributed by atoms with Gasteiger partial charge in [0, 0.05) is 19.3 Å². The molecule has 6 nitrogen and oxygen atoms in total. The minimum atomic E-state index is -0.762. The first-order valence-corrected chi connectivity index (χ1v) is 28.7. The first-order valence-electron chi connectivity index (χ1n) is 28.7. The van der Waals surface area contributed by atoms with Gasteiger partial charge in [0.15, 0.2) is 6.10 Å². The molecule has 0 aromatic rings. The highest BCUT2D eigenvalue weighted by molar-refractivity contribution is 5.71. The third-order valence-corrected chi connectivity index (χ3v) is 13.2. The minimum Gasteiger partial charge on any atom is -0.462 e. The van der Waals surface area contributed by atoms with Crippen molar-refractivity contribution >= 4 is 17.9 Å². The van der Waals surface area contributed by atoms with Crippen LogP contribution in [0.1, 0.15) is 324 Å². The second-order valence-corrected chi connectivity index (χ2v) is 20.9. The number of carbonyl (C=O) groups excluding carboxylic acids is 3. The van der Waals surface area contributed by atoms with Crippen molar-refractivity contribution in [2.75, 3.05) is 13.2 Å². The zero-order chi connectivity index (χ0) is 46.8. The van der Waals surface area contributed by atoms with Crippen LogP contribution < -0.4 is 0 Å². The van der Waals surface area contributed by atoms with E-state index in [0.29, 0.717) is 19.3 Å². The molecular weight excluding hydrogens is 793 g/mol. The van der Waals surface area contributed by atoms with Crippen LogP contribution in [0, 0.1) is 11.8 Å². The molecule has 0 rings (SSSR count). The molecule has 0 aliphatic rings. The third kappa shape index (κ3) is 51.4. The molecule has 0 radical (unpaired) electrons. The lowest BCUT2D eigenvalue weighted by Crippen LogP contribution is -2.30. The smallest absolute Gasteiger partial charge is 0.306 e. The highest BCUT2D eigenvalue weighted by atomic mass is 16.6. The summed E-state index contributed by atoms with van der Waals surface area (Å²) in [5.74, 6) is 0.832. The van der Waals surface area contributed by atoms with Crippen LogP contribution in [-0.2, 0) is 28.6 Å². The summed E-state index contributed by atoms with van der Waals surface area (Å²) >= 11 is 0. The second kappa shape index (κ2) is 50.8. The lowest BCUT2D eigenvalue weighted by molar-refractivity contribution is -0.167. The average molecular weight is 906 g/mol. The van der Waals surface area contributed by atoms with Crippen molar-refractivity contribution in [2.45, 2.75) is 330 Å². The molecule has 0 heterocycles. The Kier molecular flexibility index (Phi) is 49.6. The van der Waals surface area contributed by atoms with Crippen LogP contribution in [0.5, 0.6) is 0 Å². The van der Waals surface area contributed by atoms with E-state index in [1.165, 1.54) is 212 Å². The summed E-state index contributed by atoms with van der Waals surface area (Å²) in [6, 6.07) is 0. The summed E-state index contributed by atoms with van der Waals surface area (Å²) < 4.78 is 16.9. The number of esters is 3. The molecular formula is C58H112O6. The van der Waals surface area contributed by atoms with E-state index in [1.54, 1.807) is 0 Å². The van der Waals surface area contributed by atoms with Gasteiger partial charge in [0.2, 0.25) is 0 Å². The van der Waals surface area contributed by atoms with Crippen molar-refractivity contribution < 1.29 is 28.6 Å². The summed E-state index contributed by atoms with van der Waals surface area (Å²) in [7, 11) is 0. The van der Waals surface area contributed by atoms with Crippen LogP contribution in [0.4, 0.5) is 0 Å². The Morgan fingerprint density at radius 3 is 0.766 bits per heavy atom. The van der Waals surface area contributed by atoms with E-state index in [4.69, 9.17) is 14.2 Å². The molecule has 0 fully saturated rings. The highest BCUT2D eigenvalue weighted by Gasteiger charge is 2.19. The van der Waals surface area contributed by atoms with Crippen molar-refractivity contribution in [1.82, 2.24) is 0 Å². The van der Waals surface area contributed by atoms with Crippen molar-refractivity contribution in [3.8, 4) is 0 Å². The molecule has 380 valence electrons. The van der Waals surface area contributed by atoms with E-state index in [2.05, 4.69) is 34.6 Å². The fourth-order valence-corrected chi connectivity index (χ4v) is 8.87. The fraction of sp³-hybridized carbons (Fsp3) is 0.948. The molecule has 0 bridgehead atoms. The Bertz CT molecular complexity index is 978. The van der Waals surface area contributed by atoms with Gasteiger partial charge in [-0.3, -0.25) is 14.4 Å². The SMILES string of the molecule is CCCCCCCCCCCCCCCCCC(=O)O[C@H](COC(=O)CCCCCCCCCCCCCCCCC(C)C)COC(=O)CCCCCCCCCCCCCC(C)C. The molecule has 0 spiro atoms. The molecule has 1 atom stereocenters. The molecule has 0 aromatic heterocycles. The van der Waals surface area contributed by atoms with Gasteiger partial charge in [0.1, 0.15) is 13.2 Å². The van der Waals surface area contributed by atoms with Gasteiger partial charge < -0.3 is 14.2 Å². The molecule has 0 amide bonds. The summed E-state index contributed by atoms with van der Waals surface area (Å²) in [5, 5.41) is 0. The molecule has 0 N–H and O–H groups in total. The Morgan fingerprint density at radius 1 is 0.297 bits per heavy atom. The van der Waals surface area contributed by atoms with E-state index in [9.17, 15) is 14.4 Å². The molecule has 0 aliphatic carbocycles. The summed E-state index contributed by atoms with van der Waals surface area (Å²) in [5.41, 5.74) is 0. The van der Waals surface area contributed by atoms with Gasteiger partial charge in [0.25, 0.3) is 0 Å². The van der Waals surface area contributed by atoms with E-state index < -0.39 is 6.10 Å². The second-order valence-electron chi connectivity index (χ2n) is 20.9. The molecule has 6 heteroatoms. The van der Waals surface area contributed by atoms with Crippen molar-refractivity contribution in [3.63, 3.8) is 0 Å². The first-order chi connectivity index (χ1) is 31.2. The minimum absolute atomic E-state index is 0.0627. The lowest BCUT2D eigenvalue weighted by atomic mass is 10.0. The predicted octanol–water partition coefficient (Wildman–Crippen LogP) is 18.9. The summed E-state index contributed by atoms with van der Waals surface area (Å²) in [6.07, 6.45) is 53.7. The first kappa shape index (κ1) is 62.4. The van der Waals surface area contributed by atoms with Gasteiger partial charge in [-0.25, -0.2) is 0 Å². The van der Waals surface area contributed by atoms with E-state index in [0.717, 1.165) is 69.6 Å². The molecule has 0 aliphatic heterocycles. The maximum absolute atomic E-state index is 12.8. The van der Waals surface area contributed by atoms with Crippen molar-refractivity contribution in [1.29, 1.82) is 0 Å². The van der Waals surface area contributed by atoms with Gasteiger partial charge in [-0.15, -0.1) is 0 Å². The van der Waals surface area contributed by atoms with E-state index in [-0.39, 0.29) is 31.1 Å². The number of unbranched alkanes of at least 4 members (excludes halogenated alkanes) is 37. The van der Waals surface area contributed by atoms with Gasteiger partial charge in [0.05, 0.1) is 0 Å². The van der Waals surface area contributed by atoms with Crippen LogP contribution in [0.15, 0.2) is 0 Å². The zero-order valence-electron chi connectivity index (χ0n) is 43.9. The Labute approximate surface area is 399 Å². The van der Waals surface area contributed by atoms with E-state index >= 15 is 0 Å². The van der Waals surface area contributed by atoms with Crippen LogP contribution in [0.3, 0.4) is 0 Å². The van der Waals surface area contributed by atoms with Gasteiger partial charge in [-0.05, 0) is 31.1 Å². The Hall–Kier alpha value is -1.59. The lowest BCUT2D eigenvalue weighted by Gasteiger charge is -2.18. The normalized spacial score (nSPS) is 12.0. The van der Waals surface area contributed by atoms with E-state index in [1.807, 2.05) is 0 Å². The fourth-order valence-electron chi connectivity index (χ4n) is 8.87. The Morgan fingerprint density at radius 2 is 0.516 bits per heavy atom. The molecule has 0 saturated carbocycles. The summed E-state index contributed by atoms with van der Waals surface area (Å²) in [4.78, 5) is 38.1. The molecule has 64 heavy (non-hydrogen) atoms. The van der Waals surface area contributed by atoms with Gasteiger partial charge in [-0.2, -0.15) is 0 Å². The number of carbonyl (C=O) groups is 3. The molecule has 0 unspecified atom stereocenters. The Balaban J connectivity index is 4.30. The van der Waals surface area contributed by atoms with Crippen molar-refractivity contribution in [3.05, 3.63) is 0 Å². The van der Waals surface area contributed by atoms with Gasteiger partial charge >= 0.3 is 17.9 Å². The third-order valence-electron chi connectivity index (χ3n) is 13.2. The predicted molar refractivity (Wildman–Crippen MR) is 275 cm³/mol. The van der Waals surface area contributed by atoms with Gasteiger partial charge in [-0.1, -0.05) is 285 Å². The quantitative estimate of drug-likeness (QED) is 0.0344. The highest BCUT2D eigenvalue weighted by Crippen LogP contribution is 2.18. The number of hydrogen-bond acceptors (Lipinski definition) is 6. The number of hydrogen-bond donors (Lipinski definition) is 0. The standard InChI is InChI=1S/C58H112O6/c1-6-7-8-9-10-11-12-13-14-19-24-30-35-40-45-50-58(61)64-55(52-63-57(60)49-44-39-34-29-25-20-22-27-32-37-42-47-54(4)5)51-62-56(59)48-43-38-33-28-23-18-16-15-17-21-26-31-36-41-46-53(2)3/h53-55H,6-52H2,1-5H3/t55-/m1/s1. The molecule has 0 aromatic carbocycles. The maximum Gasteiger partial charge on any atom is 0.306 e. The number of rotatable bonds is 52. The topological polar surface area (TPSA) is 78.9 Å². The zero-order valence-corrected chi connectivity index (χ0v) is 43.9. The number of ether oxygens (including phenoxy) is 3. The maximum atomic E-state index is 12.8. The van der Waals surface area contributed by atoms with Crippen LogP contribution in [0.25, 0.3) is 0 Å². The summed E-state index contributed by atoms with van der Waals surface area (Å²) in [6.45, 7) is 11.4. The van der Waals surface area contributed by atoms with Crippen LogP contribution in [-0.4, -0.2) is 37.2 Å².